The summed E-state index contributed by atoms with van der Waals surface area (Å²) in [7, 11) is 0. The average Bonchev–Trinajstić information content (AvgIpc) is 2.98. The van der Waals surface area contributed by atoms with Crippen molar-refractivity contribution >= 4 is 0 Å². The van der Waals surface area contributed by atoms with Gasteiger partial charge in [-0.2, -0.15) is 4.98 Å². The van der Waals surface area contributed by atoms with Crippen LogP contribution in [0.15, 0.2) is 16.8 Å². The molecule has 3 heterocycles. The molecule has 1 saturated heterocycles. The molecule has 20 heavy (non-hydrogen) atoms. The van der Waals surface area contributed by atoms with Crippen LogP contribution in [0.2, 0.25) is 0 Å². The van der Waals surface area contributed by atoms with Gasteiger partial charge in [-0.25, -0.2) is 9.97 Å². The van der Waals surface area contributed by atoms with Crippen LogP contribution in [-0.2, 0) is 5.41 Å². The quantitative estimate of drug-likeness (QED) is 0.920. The van der Waals surface area contributed by atoms with Crippen LogP contribution in [-0.4, -0.2) is 33.2 Å². The highest BCUT2D eigenvalue weighted by Crippen LogP contribution is 2.36. The molecule has 1 aliphatic rings. The van der Waals surface area contributed by atoms with Crippen LogP contribution in [0.3, 0.4) is 0 Å². The van der Waals surface area contributed by atoms with Gasteiger partial charge in [0.25, 0.3) is 0 Å². The van der Waals surface area contributed by atoms with Gasteiger partial charge >= 0.3 is 0 Å². The van der Waals surface area contributed by atoms with Gasteiger partial charge < -0.3 is 9.84 Å². The molecule has 6 heteroatoms. The fourth-order valence-electron chi connectivity index (χ4n) is 2.75. The molecule has 2 aromatic heterocycles. The van der Waals surface area contributed by atoms with E-state index < -0.39 is 0 Å². The van der Waals surface area contributed by atoms with Crippen molar-refractivity contribution < 1.29 is 4.52 Å². The van der Waals surface area contributed by atoms with E-state index >= 15 is 0 Å². The third kappa shape index (κ3) is 2.31. The molecule has 3 rings (SSSR count). The minimum absolute atomic E-state index is 0.0125. The Labute approximate surface area is 118 Å². The first-order valence-corrected chi connectivity index (χ1v) is 7.08. The molecule has 0 spiro atoms. The standard InChI is InChI=1S/C14H19N5O/c1-3-14(5-8-15-9-6-14)13-18-12(19-20-13)11-4-7-16-10(2)17-11/h4,7,15H,3,5-6,8-9H2,1-2H3. The highest BCUT2D eigenvalue weighted by atomic mass is 16.5. The number of rotatable bonds is 3. The Morgan fingerprint density at radius 3 is 2.80 bits per heavy atom. The van der Waals surface area contributed by atoms with Crippen molar-refractivity contribution in [3.8, 4) is 11.5 Å². The summed E-state index contributed by atoms with van der Waals surface area (Å²) in [6, 6.07) is 1.81. The summed E-state index contributed by atoms with van der Waals surface area (Å²) in [5, 5.41) is 7.48. The SMILES string of the molecule is CCC1(c2nc(-c3ccnc(C)n3)no2)CCNCC1. The van der Waals surface area contributed by atoms with E-state index in [-0.39, 0.29) is 5.41 Å². The van der Waals surface area contributed by atoms with Crippen LogP contribution in [0.1, 0.15) is 37.9 Å². The van der Waals surface area contributed by atoms with Gasteiger partial charge in [-0.1, -0.05) is 12.1 Å². The van der Waals surface area contributed by atoms with Crippen LogP contribution in [0, 0.1) is 6.92 Å². The largest absolute Gasteiger partial charge is 0.338 e. The molecular weight excluding hydrogens is 254 g/mol. The van der Waals surface area contributed by atoms with Crippen LogP contribution in [0.25, 0.3) is 11.5 Å². The predicted molar refractivity (Wildman–Crippen MR) is 74.1 cm³/mol. The number of hydrogen-bond acceptors (Lipinski definition) is 6. The molecule has 2 aromatic rings. The summed E-state index contributed by atoms with van der Waals surface area (Å²) in [5.74, 6) is 2.01. The van der Waals surface area contributed by atoms with E-state index in [1.807, 2.05) is 13.0 Å². The molecule has 0 aliphatic carbocycles. The lowest BCUT2D eigenvalue weighted by Gasteiger charge is -2.33. The third-order valence-corrected chi connectivity index (χ3v) is 4.12. The van der Waals surface area contributed by atoms with Crippen molar-refractivity contribution in [2.45, 2.75) is 38.5 Å². The molecule has 0 atom stereocenters. The Bertz CT molecular complexity index is 589. The maximum atomic E-state index is 5.54. The first-order valence-electron chi connectivity index (χ1n) is 7.08. The van der Waals surface area contributed by atoms with Gasteiger partial charge in [0.1, 0.15) is 11.5 Å². The number of nitrogens with zero attached hydrogens (tertiary/aromatic N) is 4. The van der Waals surface area contributed by atoms with Gasteiger partial charge in [0, 0.05) is 6.20 Å². The average molecular weight is 273 g/mol. The maximum absolute atomic E-state index is 5.54. The van der Waals surface area contributed by atoms with Crippen LogP contribution >= 0.6 is 0 Å². The Hall–Kier alpha value is -1.82. The lowest BCUT2D eigenvalue weighted by molar-refractivity contribution is 0.216. The van der Waals surface area contributed by atoms with Crippen LogP contribution in [0.5, 0.6) is 0 Å². The summed E-state index contributed by atoms with van der Waals surface area (Å²) in [4.78, 5) is 13.0. The minimum atomic E-state index is 0.0125. The number of aromatic nitrogens is 4. The van der Waals surface area contributed by atoms with E-state index in [1.54, 1.807) is 6.20 Å². The minimum Gasteiger partial charge on any atom is -0.338 e. The molecule has 106 valence electrons. The molecule has 0 unspecified atom stereocenters. The second-order valence-electron chi connectivity index (χ2n) is 5.30. The molecule has 1 N–H and O–H groups in total. The topological polar surface area (TPSA) is 76.7 Å². The normalized spacial score (nSPS) is 18.1. The van der Waals surface area contributed by atoms with Gasteiger partial charge in [0.15, 0.2) is 0 Å². The first kappa shape index (κ1) is 13.2. The smallest absolute Gasteiger partial charge is 0.233 e. The molecule has 1 aliphatic heterocycles. The van der Waals surface area contributed by atoms with E-state index in [9.17, 15) is 0 Å². The van der Waals surface area contributed by atoms with E-state index in [2.05, 4.69) is 32.3 Å². The fourth-order valence-corrected chi connectivity index (χ4v) is 2.75. The number of hydrogen-bond donors (Lipinski definition) is 1. The number of nitrogens with one attached hydrogen (secondary N) is 1. The van der Waals surface area contributed by atoms with E-state index in [0.29, 0.717) is 17.3 Å². The lowest BCUT2D eigenvalue weighted by atomic mass is 9.76. The van der Waals surface area contributed by atoms with Gasteiger partial charge in [-0.05, 0) is 45.3 Å². The Morgan fingerprint density at radius 2 is 2.10 bits per heavy atom. The lowest BCUT2D eigenvalue weighted by Crippen LogP contribution is -2.39. The Morgan fingerprint density at radius 1 is 1.30 bits per heavy atom. The summed E-state index contributed by atoms with van der Waals surface area (Å²) in [5.41, 5.74) is 0.728. The number of aryl methyl sites for hydroxylation is 1. The van der Waals surface area contributed by atoms with Gasteiger partial charge in [0.2, 0.25) is 11.7 Å². The molecule has 0 saturated carbocycles. The van der Waals surface area contributed by atoms with E-state index in [4.69, 9.17) is 4.52 Å². The maximum Gasteiger partial charge on any atom is 0.233 e. The van der Waals surface area contributed by atoms with Crippen molar-refractivity contribution in [1.29, 1.82) is 0 Å². The Balaban J connectivity index is 1.93. The molecule has 0 radical (unpaired) electrons. The second kappa shape index (κ2) is 5.28. The third-order valence-electron chi connectivity index (χ3n) is 4.12. The summed E-state index contributed by atoms with van der Waals surface area (Å²) in [6.07, 6.45) is 4.80. The first-order chi connectivity index (χ1) is 9.73. The van der Waals surface area contributed by atoms with Gasteiger partial charge in [-0.15, -0.1) is 0 Å². The Kier molecular flexibility index (Phi) is 3.48. The van der Waals surface area contributed by atoms with Crippen molar-refractivity contribution in [3.63, 3.8) is 0 Å². The molecule has 6 nitrogen and oxygen atoms in total. The van der Waals surface area contributed by atoms with E-state index in [0.717, 1.165) is 38.2 Å². The monoisotopic (exact) mass is 273 g/mol. The molecule has 0 bridgehead atoms. The van der Waals surface area contributed by atoms with E-state index in [1.165, 1.54) is 0 Å². The zero-order valence-corrected chi connectivity index (χ0v) is 11.9. The zero-order chi connectivity index (χ0) is 14.0. The highest BCUT2D eigenvalue weighted by Gasteiger charge is 2.37. The summed E-state index contributed by atoms with van der Waals surface area (Å²) in [6.45, 7) is 6.03. The van der Waals surface area contributed by atoms with Gasteiger partial charge in [0.05, 0.1) is 5.41 Å². The van der Waals surface area contributed by atoms with Crippen molar-refractivity contribution in [2.24, 2.45) is 0 Å². The van der Waals surface area contributed by atoms with Crippen molar-refractivity contribution in [1.82, 2.24) is 25.4 Å². The predicted octanol–water partition coefficient (Wildman–Crippen LogP) is 1.87. The van der Waals surface area contributed by atoms with Crippen molar-refractivity contribution in [2.75, 3.05) is 13.1 Å². The molecule has 0 aromatic carbocycles. The molecular formula is C14H19N5O. The van der Waals surface area contributed by atoms with Gasteiger partial charge in [-0.3, -0.25) is 0 Å². The zero-order valence-electron chi connectivity index (χ0n) is 11.9. The summed E-state index contributed by atoms with van der Waals surface area (Å²) < 4.78 is 5.54. The summed E-state index contributed by atoms with van der Waals surface area (Å²) >= 11 is 0. The number of piperidine rings is 1. The van der Waals surface area contributed by atoms with Crippen LogP contribution in [0.4, 0.5) is 0 Å². The molecule has 1 fully saturated rings. The van der Waals surface area contributed by atoms with Crippen LogP contribution < -0.4 is 5.32 Å². The highest BCUT2D eigenvalue weighted by molar-refractivity contribution is 5.47. The molecule has 0 amide bonds. The second-order valence-corrected chi connectivity index (χ2v) is 5.30. The van der Waals surface area contributed by atoms with Crippen molar-refractivity contribution in [3.05, 3.63) is 24.0 Å². The fraction of sp³-hybridized carbons (Fsp3) is 0.571.